The fourth-order valence-electron chi connectivity index (χ4n) is 5.75. The standard InChI is InChI=1S/C16H26N2.C14H9BF5NO3/c1-12(2)15-10-18(11-16(15)17-4)13(3)14-8-6-5-7-9-14;1-5-11(18)9(17)2-6-12(5)21(10-3-8(10)16)4-7(13(6)22)14(23)24-15(19)20/h5-9,12-13,15-17H,10-11H2,1-4H3;2,4,8,10H,3H2,1H3/t13-,15-,16-;8-,10+/m10/s1. The predicted molar refractivity (Wildman–Crippen MR) is 152 cm³/mol. The van der Waals surface area contributed by atoms with Crippen molar-refractivity contribution in [3.05, 3.63) is 81.1 Å². The maximum Gasteiger partial charge on any atom is 0.798 e. The van der Waals surface area contributed by atoms with Crippen LogP contribution in [0.25, 0.3) is 10.9 Å². The first-order valence-electron chi connectivity index (χ1n) is 14.0. The lowest BCUT2D eigenvalue weighted by molar-refractivity contribution is 0.0693. The molecule has 2 aliphatic rings. The number of pyridine rings is 1. The van der Waals surface area contributed by atoms with E-state index in [2.05, 4.69) is 73.0 Å². The summed E-state index contributed by atoms with van der Waals surface area (Å²) in [5.41, 5.74) is -0.790. The number of benzene rings is 2. The van der Waals surface area contributed by atoms with Crippen LogP contribution in [-0.2, 0) is 4.65 Å². The predicted octanol–water partition coefficient (Wildman–Crippen LogP) is 5.88. The van der Waals surface area contributed by atoms with E-state index in [0.29, 0.717) is 18.2 Å². The Bertz CT molecular complexity index is 1490. The van der Waals surface area contributed by atoms with E-state index in [9.17, 15) is 31.4 Å². The van der Waals surface area contributed by atoms with Crippen LogP contribution in [0, 0.1) is 30.4 Å². The van der Waals surface area contributed by atoms with E-state index in [1.807, 2.05) is 0 Å². The van der Waals surface area contributed by atoms with Crippen LogP contribution in [0.5, 0.6) is 0 Å². The van der Waals surface area contributed by atoms with Crippen LogP contribution < -0.4 is 10.7 Å². The summed E-state index contributed by atoms with van der Waals surface area (Å²) in [7, 11) is -1.36. The Hall–Kier alpha value is -3.25. The first-order valence-corrected chi connectivity index (χ1v) is 14.0. The molecule has 2 fully saturated rings. The lowest BCUT2D eigenvalue weighted by Crippen LogP contribution is -2.35. The van der Waals surface area contributed by atoms with E-state index < -0.39 is 53.7 Å². The molecule has 1 aromatic heterocycles. The second kappa shape index (κ2) is 13.0. The molecule has 226 valence electrons. The molecular weight excluding hydrogens is 556 g/mol. The Balaban J connectivity index is 0.000000201. The fraction of sp³-hybridized carbons (Fsp3) is 0.467. The van der Waals surface area contributed by atoms with Crippen LogP contribution in [-0.4, -0.2) is 55.3 Å². The Kier molecular flexibility index (Phi) is 9.77. The third-order valence-electron chi connectivity index (χ3n) is 8.34. The minimum Gasteiger partial charge on any atom is -0.474 e. The molecule has 1 N–H and O–H groups in total. The minimum atomic E-state index is -3.46. The van der Waals surface area contributed by atoms with Gasteiger partial charge in [0.15, 0.2) is 11.6 Å². The van der Waals surface area contributed by atoms with Gasteiger partial charge in [0.05, 0.1) is 11.6 Å². The number of aryl methyl sites for hydroxylation is 1. The zero-order chi connectivity index (χ0) is 30.9. The van der Waals surface area contributed by atoms with E-state index in [4.69, 9.17) is 0 Å². The van der Waals surface area contributed by atoms with E-state index in [0.717, 1.165) is 29.1 Å². The van der Waals surface area contributed by atoms with Gasteiger partial charge in [-0.25, -0.2) is 26.6 Å². The fourth-order valence-corrected chi connectivity index (χ4v) is 5.75. The summed E-state index contributed by atoms with van der Waals surface area (Å²) >= 11 is 0. The van der Waals surface area contributed by atoms with Crippen LogP contribution >= 0.6 is 0 Å². The number of carbonyl (C=O) groups is 1. The van der Waals surface area contributed by atoms with Crippen molar-refractivity contribution in [2.24, 2.45) is 11.8 Å². The van der Waals surface area contributed by atoms with Gasteiger partial charge in [0.2, 0.25) is 5.43 Å². The summed E-state index contributed by atoms with van der Waals surface area (Å²) in [6.45, 7) is 10.6. The van der Waals surface area contributed by atoms with Gasteiger partial charge < -0.3 is 14.5 Å². The molecule has 1 saturated heterocycles. The van der Waals surface area contributed by atoms with E-state index in [1.54, 1.807) is 0 Å². The molecule has 5 atom stereocenters. The molecule has 5 rings (SSSR count). The number of likely N-dealkylation sites (tertiary alicyclic amines) is 1. The zero-order valence-electron chi connectivity index (χ0n) is 24.2. The number of rotatable bonds is 7. The molecule has 1 aliphatic carbocycles. The molecule has 0 unspecified atom stereocenters. The summed E-state index contributed by atoms with van der Waals surface area (Å²) in [5.74, 6) is -2.66. The quantitative estimate of drug-likeness (QED) is 0.275. The lowest BCUT2D eigenvalue weighted by Gasteiger charge is -2.25. The van der Waals surface area contributed by atoms with Crippen LogP contribution in [0.2, 0.25) is 0 Å². The molecule has 0 radical (unpaired) electrons. The molecule has 2 heterocycles. The SMILES string of the molecule is CN[C@@H]1CN([C@H](C)c2ccccc2)C[C@@H]1C(C)C.Cc1c(F)c(F)cc2c(=O)c(C(=O)OB(F)F)cn([C@@H]3C[C@@H]3F)c12. The number of carbonyl (C=O) groups excluding carboxylic acids is 1. The van der Waals surface area contributed by atoms with Crippen molar-refractivity contribution in [3.63, 3.8) is 0 Å². The van der Waals surface area contributed by atoms with Crippen molar-refractivity contribution in [1.29, 1.82) is 0 Å². The van der Waals surface area contributed by atoms with Gasteiger partial charge >= 0.3 is 13.4 Å². The topological polar surface area (TPSA) is 63.6 Å². The summed E-state index contributed by atoms with van der Waals surface area (Å²) < 4.78 is 70.1. The Morgan fingerprint density at radius 2 is 1.76 bits per heavy atom. The summed E-state index contributed by atoms with van der Waals surface area (Å²) in [6.07, 6.45) is -0.411. The van der Waals surface area contributed by atoms with Gasteiger partial charge in [-0.3, -0.25) is 9.69 Å². The van der Waals surface area contributed by atoms with E-state index in [1.165, 1.54) is 19.0 Å². The Morgan fingerprint density at radius 3 is 2.29 bits per heavy atom. The third kappa shape index (κ3) is 6.54. The highest BCUT2D eigenvalue weighted by Crippen LogP contribution is 2.41. The molecule has 6 nitrogen and oxygen atoms in total. The number of aromatic nitrogens is 1. The van der Waals surface area contributed by atoms with Crippen LogP contribution in [0.1, 0.15) is 60.8 Å². The van der Waals surface area contributed by atoms with Crippen molar-refractivity contribution in [2.45, 2.75) is 58.4 Å². The van der Waals surface area contributed by atoms with Crippen LogP contribution in [0.15, 0.2) is 47.4 Å². The first kappa shape index (κ1) is 31.7. The minimum absolute atomic E-state index is 0.0414. The van der Waals surface area contributed by atoms with Gasteiger partial charge in [-0.15, -0.1) is 0 Å². The van der Waals surface area contributed by atoms with Gasteiger partial charge in [0.1, 0.15) is 11.7 Å². The molecule has 42 heavy (non-hydrogen) atoms. The second-order valence-corrected chi connectivity index (χ2v) is 11.3. The van der Waals surface area contributed by atoms with Gasteiger partial charge in [-0.2, -0.15) is 0 Å². The monoisotopic (exact) mass is 591 g/mol. The average molecular weight is 591 g/mol. The summed E-state index contributed by atoms with van der Waals surface area (Å²) in [6, 6.07) is 11.8. The number of hydrogen-bond acceptors (Lipinski definition) is 5. The molecule has 0 spiro atoms. The van der Waals surface area contributed by atoms with E-state index in [-0.39, 0.29) is 17.5 Å². The Labute approximate surface area is 242 Å². The van der Waals surface area contributed by atoms with Crippen LogP contribution in [0.3, 0.4) is 0 Å². The summed E-state index contributed by atoms with van der Waals surface area (Å²) in [4.78, 5) is 26.6. The molecule has 1 saturated carbocycles. The highest BCUT2D eigenvalue weighted by atomic mass is 19.2. The number of nitrogens with zero attached hydrogens (tertiary/aromatic N) is 2. The van der Waals surface area contributed by atoms with Crippen molar-refractivity contribution in [3.8, 4) is 0 Å². The molecule has 1 aliphatic heterocycles. The van der Waals surface area contributed by atoms with Crippen LogP contribution in [0.4, 0.5) is 21.8 Å². The van der Waals surface area contributed by atoms with Gasteiger partial charge in [-0.05, 0) is 44.4 Å². The molecule has 0 bridgehead atoms. The van der Waals surface area contributed by atoms with Gasteiger partial charge in [0.25, 0.3) is 0 Å². The first-order chi connectivity index (χ1) is 19.8. The average Bonchev–Trinajstić information content (AvgIpc) is 3.51. The number of nitrogens with one attached hydrogen (secondary N) is 1. The number of hydrogen-bond donors (Lipinski definition) is 1. The van der Waals surface area contributed by atoms with E-state index >= 15 is 0 Å². The molecule has 3 aromatic rings. The molecule has 12 heteroatoms. The maximum atomic E-state index is 13.8. The molecular formula is C30H35BF5N3O3. The lowest BCUT2D eigenvalue weighted by atomic mass is 9.91. The number of alkyl halides is 1. The van der Waals surface area contributed by atoms with Crippen molar-refractivity contribution in [2.75, 3.05) is 20.1 Å². The second-order valence-electron chi connectivity index (χ2n) is 11.3. The normalized spacial score (nSPS) is 22.5. The van der Waals surface area contributed by atoms with Crippen molar-refractivity contribution >= 4 is 24.3 Å². The number of halogens is 5. The largest absolute Gasteiger partial charge is 0.798 e. The third-order valence-corrected chi connectivity index (χ3v) is 8.34. The zero-order valence-corrected chi connectivity index (χ0v) is 24.2. The van der Waals surface area contributed by atoms with Crippen molar-refractivity contribution < 1.29 is 31.3 Å². The van der Waals surface area contributed by atoms with Crippen molar-refractivity contribution in [1.82, 2.24) is 14.8 Å². The highest BCUT2D eigenvalue weighted by molar-refractivity contribution is 6.38. The summed E-state index contributed by atoms with van der Waals surface area (Å²) in [5, 5.41) is 3.08. The maximum absolute atomic E-state index is 13.8. The van der Waals surface area contributed by atoms with Gasteiger partial charge in [0, 0.05) is 48.7 Å². The number of likely N-dealkylation sites (N-methyl/N-ethyl adjacent to an activating group) is 1. The van der Waals surface area contributed by atoms with Gasteiger partial charge in [-0.1, -0.05) is 44.2 Å². The number of fused-ring (bicyclic) bond motifs is 1. The Morgan fingerprint density at radius 1 is 1.12 bits per heavy atom. The smallest absolute Gasteiger partial charge is 0.474 e. The molecule has 0 amide bonds. The highest BCUT2D eigenvalue weighted by Gasteiger charge is 2.41. The molecule has 2 aromatic carbocycles.